The van der Waals surface area contributed by atoms with Gasteiger partial charge in [0.1, 0.15) is 0 Å². The molecule has 0 spiro atoms. The molecule has 1 aliphatic carbocycles. The van der Waals surface area contributed by atoms with E-state index in [0.717, 1.165) is 45.3 Å². The summed E-state index contributed by atoms with van der Waals surface area (Å²) in [7, 11) is 0. The largest absolute Gasteiger partial charge is 0.395 e. The van der Waals surface area contributed by atoms with Crippen molar-refractivity contribution in [2.45, 2.75) is 59.5 Å². The van der Waals surface area contributed by atoms with E-state index < -0.39 is 0 Å². The molecule has 0 radical (unpaired) electrons. The molecule has 1 rings (SSSR count). The van der Waals surface area contributed by atoms with Crippen molar-refractivity contribution in [1.29, 1.82) is 0 Å². The Morgan fingerprint density at radius 3 is 2.37 bits per heavy atom. The second-order valence-corrected chi connectivity index (χ2v) is 7.23. The van der Waals surface area contributed by atoms with Crippen molar-refractivity contribution in [2.24, 2.45) is 17.3 Å². The highest BCUT2D eigenvalue weighted by Crippen LogP contribution is 2.40. The van der Waals surface area contributed by atoms with Gasteiger partial charge in [-0.1, -0.05) is 27.7 Å². The minimum absolute atomic E-state index is 0.156. The lowest BCUT2D eigenvalue weighted by Gasteiger charge is -2.41. The van der Waals surface area contributed by atoms with Crippen molar-refractivity contribution < 1.29 is 10.2 Å². The van der Waals surface area contributed by atoms with Crippen molar-refractivity contribution in [3.05, 3.63) is 0 Å². The van der Waals surface area contributed by atoms with E-state index >= 15 is 0 Å². The Kier molecular flexibility index (Phi) is 6.78. The fourth-order valence-corrected chi connectivity index (χ4v) is 3.31. The van der Waals surface area contributed by atoms with E-state index in [0.29, 0.717) is 17.3 Å². The molecule has 1 aliphatic rings. The maximum absolute atomic E-state index is 10.2. The lowest BCUT2D eigenvalue weighted by molar-refractivity contribution is 0.00131. The van der Waals surface area contributed by atoms with Crippen molar-refractivity contribution in [3.8, 4) is 0 Å². The number of nitrogens with zero attached hydrogens (tertiary/aromatic N) is 1. The van der Waals surface area contributed by atoms with Crippen LogP contribution in [-0.2, 0) is 0 Å². The van der Waals surface area contributed by atoms with Crippen molar-refractivity contribution >= 4 is 0 Å². The minimum atomic E-state index is -0.156. The second kappa shape index (κ2) is 7.61. The minimum Gasteiger partial charge on any atom is -0.395 e. The van der Waals surface area contributed by atoms with Gasteiger partial charge in [0.05, 0.1) is 12.7 Å². The van der Waals surface area contributed by atoms with Gasteiger partial charge in [-0.3, -0.25) is 0 Å². The molecule has 0 amide bonds. The van der Waals surface area contributed by atoms with E-state index in [4.69, 9.17) is 5.11 Å². The summed E-state index contributed by atoms with van der Waals surface area (Å²) in [4.78, 5) is 2.30. The molecule has 3 unspecified atom stereocenters. The molecule has 0 aliphatic heterocycles. The van der Waals surface area contributed by atoms with Crippen LogP contribution in [0.2, 0.25) is 0 Å². The fourth-order valence-electron chi connectivity index (χ4n) is 3.31. The Morgan fingerprint density at radius 2 is 1.84 bits per heavy atom. The number of aliphatic hydroxyl groups is 2. The fraction of sp³-hybridized carbons (Fsp3) is 1.00. The standard InChI is InChI=1S/C16H33NO2/c1-5-8-17(9-10-18)12-13-11-14(16(2,3)4)6-7-15(13)19/h13-15,18-19H,5-12H2,1-4H3. The summed E-state index contributed by atoms with van der Waals surface area (Å²) >= 11 is 0. The van der Waals surface area contributed by atoms with Crippen LogP contribution in [0.4, 0.5) is 0 Å². The van der Waals surface area contributed by atoms with Gasteiger partial charge >= 0.3 is 0 Å². The Hall–Kier alpha value is -0.120. The SMILES string of the molecule is CCCN(CCO)CC1CC(C(C)(C)C)CCC1O. The van der Waals surface area contributed by atoms with E-state index in [1.54, 1.807) is 0 Å². The molecule has 0 bridgehead atoms. The molecule has 3 heteroatoms. The molecule has 0 heterocycles. The topological polar surface area (TPSA) is 43.7 Å². The van der Waals surface area contributed by atoms with Crippen molar-refractivity contribution in [3.63, 3.8) is 0 Å². The van der Waals surface area contributed by atoms with Gasteiger partial charge in [-0.15, -0.1) is 0 Å². The van der Waals surface area contributed by atoms with E-state index in [-0.39, 0.29) is 12.7 Å². The first kappa shape index (κ1) is 16.9. The average Bonchev–Trinajstić information content (AvgIpc) is 2.31. The van der Waals surface area contributed by atoms with E-state index in [1.807, 2.05) is 0 Å². The first-order chi connectivity index (χ1) is 8.88. The molecule has 0 aromatic carbocycles. The molecule has 0 aromatic rings. The summed E-state index contributed by atoms with van der Waals surface area (Å²) in [5.41, 5.74) is 0.338. The van der Waals surface area contributed by atoms with Gasteiger partial charge in [0, 0.05) is 13.1 Å². The van der Waals surface area contributed by atoms with Crippen LogP contribution in [-0.4, -0.2) is 47.5 Å². The predicted octanol–water partition coefficient (Wildman–Crippen LogP) is 2.51. The molecule has 3 nitrogen and oxygen atoms in total. The molecule has 19 heavy (non-hydrogen) atoms. The highest BCUT2D eigenvalue weighted by molar-refractivity contribution is 4.86. The predicted molar refractivity (Wildman–Crippen MR) is 80.1 cm³/mol. The van der Waals surface area contributed by atoms with Gasteiger partial charge < -0.3 is 15.1 Å². The van der Waals surface area contributed by atoms with Crippen LogP contribution in [0.5, 0.6) is 0 Å². The number of hydrogen-bond acceptors (Lipinski definition) is 3. The molecular formula is C16H33NO2. The summed E-state index contributed by atoms with van der Waals surface area (Å²) in [6, 6.07) is 0. The lowest BCUT2D eigenvalue weighted by atomic mass is 9.68. The third kappa shape index (κ3) is 5.41. The average molecular weight is 271 g/mol. The Morgan fingerprint density at radius 1 is 1.16 bits per heavy atom. The number of hydrogen-bond donors (Lipinski definition) is 2. The van der Waals surface area contributed by atoms with Crippen LogP contribution >= 0.6 is 0 Å². The van der Waals surface area contributed by atoms with E-state index in [9.17, 15) is 5.11 Å². The first-order valence-electron chi connectivity index (χ1n) is 7.89. The molecular weight excluding hydrogens is 238 g/mol. The van der Waals surface area contributed by atoms with Gasteiger partial charge in [0.15, 0.2) is 0 Å². The maximum Gasteiger partial charge on any atom is 0.0580 e. The summed E-state index contributed by atoms with van der Waals surface area (Å²) in [6.45, 7) is 12.0. The molecule has 0 aromatic heterocycles. The van der Waals surface area contributed by atoms with Gasteiger partial charge in [-0.05, 0) is 49.5 Å². The summed E-state index contributed by atoms with van der Waals surface area (Å²) in [6.07, 6.45) is 4.15. The lowest BCUT2D eigenvalue weighted by Crippen LogP contribution is -2.42. The second-order valence-electron chi connectivity index (χ2n) is 7.23. The Balaban J connectivity index is 2.57. The zero-order chi connectivity index (χ0) is 14.5. The third-order valence-corrected chi connectivity index (χ3v) is 4.62. The monoisotopic (exact) mass is 271 g/mol. The van der Waals surface area contributed by atoms with Crippen LogP contribution in [0.1, 0.15) is 53.4 Å². The molecule has 0 saturated heterocycles. The van der Waals surface area contributed by atoms with Crippen LogP contribution in [0.15, 0.2) is 0 Å². The number of aliphatic hydroxyl groups excluding tert-OH is 2. The van der Waals surface area contributed by atoms with Crippen LogP contribution in [0.3, 0.4) is 0 Å². The van der Waals surface area contributed by atoms with E-state index in [1.165, 1.54) is 0 Å². The number of rotatable bonds is 6. The van der Waals surface area contributed by atoms with Gasteiger partial charge in [-0.2, -0.15) is 0 Å². The highest BCUT2D eigenvalue weighted by atomic mass is 16.3. The Bertz CT molecular complexity index is 244. The van der Waals surface area contributed by atoms with E-state index in [2.05, 4.69) is 32.6 Å². The summed E-state index contributed by atoms with van der Waals surface area (Å²) in [5, 5.41) is 19.4. The molecule has 1 fully saturated rings. The summed E-state index contributed by atoms with van der Waals surface area (Å²) < 4.78 is 0. The quantitative estimate of drug-likeness (QED) is 0.780. The first-order valence-corrected chi connectivity index (χ1v) is 7.89. The molecule has 3 atom stereocenters. The van der Waals surface area contributed by atoms with Crippen LogP contribution < -0.4 is 0 Å². The third-order valence-electron chi connectivity index (χ3n) is 4.62. The smallest absolute Gasteiger partial charge is 0.0580 e. The zero-order valence-corrected chi connectivity index (χ0v) is 13.2. The van der Waals surface area contributed by atoms with Crippen LogP contribution in [0.25, 0.3) is 0 Å². The van der Waals surface area contributed by atoms with Crippen molar-refractivity contribution in [2.75, 3.05) is 26.2 Å². The van der Waals surface area contributed by atoms with Gasteiger partial charge in [0.25, 0.3) is 0 Å². The van der Waals surface area contributed by atoms with Gasteiger partial charge in [-0.25, -0.2) is 0 Å². The van der Waals surface area contributed by atoms with Gasteiger partial charge in [0.2, 0.25) is 0 Å². The van der Waals surface area contributed by atoms with Crippen molar-refractivity contribution in [1.82, 2.24) is 4.90 Å². The Labute approximate surface area is 119 Å². The molecule has 2 N–H and O–H groups in total. The zero-order valence-electron chi connectivity index (χ0n) is 13.2. The maximum atomic E-state index is 10.2. The molecule has 1 saturated carbocycles. The normalized spacial score (nSPS) is 28.9. The summed E-state index contributed by atoms with van der Waals surface area (Å²) in [5.74, 6) is 1.08. The highest BCUT2D eigenvalue weighted by Gasteiger charge is 2.35. The van der Waals surface area contributed by atoms with Crippen LogP contribution in [0, 0.1) is 17.3 Å². The molecule has 114 valence electrons.